The zero-order valence-corrected chi connectivity index (χ0v) is 17.2. The summed E-state index contributed by atoms with van der Waals surface area (Å²) in [7, 11) is -3.30. The molecule has 1 aliphatic rings. The molecule has 1 amide bonds. The van der Waals surface area contributed by atoms with Gasteiger partial charge in [-0.15, -0.1) is 24.2 Å². The van der Waals surface area contributed by atoms with Crippen LogP contribution in [0.4, 0.5) is 0 Å². The second-order valence-electron chi connectivity index (χ2n) is 5.95. The topological polar surface area (TPSA) is 66.5 Å². The molecule has 2 rings (SSSR count). The van der Waals surface area contributed by atoms with E-state index in [1.807, 2.05) is 24.8 Å². The molecule has 1 aromatic rings. The van der Waals surface area contributed by atoms with Crippen molar-refractivity contribution in [3.63, 3.8) is 0 Å². The predicted molar refractivity (Wildman–Crippen MR) is 105 cm³/mol. The van der Waals surface area contributed by atoms with Gasteiger partial charge in [0.25, 0.3) is 0 Å². The van der Waals surface area contributed by atoms with E-state index in [0.717, 1.165) is 26.1 Å². The largest absolute Gasteiger partial charge is 0.340 e. The maximum Gasteiger partial charge on any atom is 0.235 e. The maximum absolute atomic E-state index is 12.7. The standard InChI is InChI=1S/C17H26N2O3S2.ClH/c1-3-13-24(21,22)16-8-5-4-7-15(16)23-14(2)17(20)19-11-6-9-18-10-12-19;/h4-5,7-8,14,18H,3,6,9-13H2,1-2H3;1H. The van der Waals surface area contributed by atoms with E-state index in [-0.39, 0.29) is 29.3 Å². The van der Waals surface area contributed by atoms with Gasteiger partial charge in [-0.25, -0.2) is 8.42 Å². The number of sulfone groups is 1. The van der Waals surface area contributed by atoms with E-state index < -0.39 is 9.84 Å². The highest BCUT2D eigenvalue weighted by Gasteiger charge is 2.25. The van der Waals surface area contributed by atoms with E-state index in [0.29, 0.717) is 22.8 Å². The van der Waals surface area contributed by atoms with E-state index in [4.69, 9.17) is 0 Å². The van der Waals surface area contributed by atoms with Gasteiger partial charge in [0.05, 0.1) is 15.9 Å². The first-order chi connectivity index (χ1) is 11.5. The summed E-state index contributed by atoms with van der Waals surface area (Å²) in [5, 5.41) is 2.98. The summed E-state index contributed by atoms with van der Waals surface area (Å²) in [4.78, 5) is 15.6. The van der Waals surface area contributed by atoms with E-state index in [1.54, 1.807) is 18.2 Å². The lowest BCUT2D eigenvalue weighted by Gasteiger charge is -2.24. The summed E-state index contributed by atoms with van der Waals surface area (Å²) in [6, 6.07) is 6.99. The summed E-state index contributed by atoms with van der Waals surface area (Å²) in [5.41, 5.74) is 0. The third-order valence-electron chi connectivity index (χ3n) is 3.96. The van der Waals surface area contributed by atoms with Crippen LogP contribution in [0.15, 0.2) is 34.1 Å². The molecule has 5 nitrogen and oxygen atoms in total. The first-order valence-electron chi connectivity index (χ1n) is 8.43. The van der Waals surface area contributed by atoms with Gasteiger partial charge in [-0.2, -0.15) is 0 Å². The Kier molecular flexibility index (Phi) is 9.27. The van der Waals surface area contributed by atoms with Crippen LogP contribution in [0.5, 0.6) is 0 Å². The molecule has 1 fully saturated rings. The van der Waals surface area contributed by atoms with Crippen LogP contribution in [0, 0.1) is 0 Å². The number of nitrogens with one attached hydrogen (secondary N) is 1. The van der Waals surface area contributed by atoms with Gasteiger partial charge in [-0.1, -0.05) is 19.1 Å². The Labute approximate surface area is 161 Å². The van der Waals surface area contributed by atoms with E-state index in [1.165, 1.54) is 11.8 Å². The van der Waals surface area contributed by atoms with Crippen LogP contribution in [0.1, 0.15) is 26.7 Å². The van der Waals surface area contributed by atoms with Crippen molar-refractivity contribution in [2.24, 2.45) is 0 Å². The van der Waals surface area contributed by atoms with Crippen LogP contribution < -0.4 is 5.32 Å². The third-order valence-corrected chi connectivity index (χ3v) is 7.23. The molecule has 1 aliphatic heterocycles. The molecule has 0 saturated carbocycles. The minimum atomic E-state index is -3.30. The van der Waals surface area contributed by atoms with Gasteiger partial charge in [-0.05, 0) is 38.4 Å². The van der Waals surface area contributed by atoms with Crippen molar-refractivity contribution < 1.29 is 13.2 Å². The fourth-order valence-electron chi connectivity index (χ4n) is 2.75. The van der Waals surface area contributed by atoms with Crippen LogP contribution in [-0.4, -0.2) is 56.4 Å². The van der Waals surface area contributed by atoms with Crippen molar-refractivity contribution in [2.45, 2.75) is 41.7 Å². The van der Waals surface area contributed by atoms with E-state index >= 15 is 0 Å². The smallest absolute Gasteiger partial charge is 0.235 e. The van der Waals surface area contributed by atoms with Gasteiger partial charge < -0.3 is 10.2 Å². The highest BCUT2D eigenvalue weighted by molar-refractivity contribution is 8.01. The maximum atomic E-state index is 12.7. The molecule has 0 bridgehead atoms. The Balaban J connectivity index is 0.00000312. The van der Waals surface area contributed by atoms with Crippen molar-refractivity contribution in [3.05, 3.63) is 24.3 Å². The molecule has 1 aromatic carbocycles. The monoisotopic (exact) mass is 406 g/mol. The predicted octanol–water partition coefficient (Wildman–Crippen LogP) is 2.59. The summed E-state index contributed by atoms with van der Waals surface area (Å²) in [6.45, 7) is 6.92. The fraction of sp³-hybridized carbons (Fsp3) is 0.588. The van der Waals surface area contributed by atoms with Gasteiger partial charge in [0.2, 0.25) is 5.91 Å². The summed E-state index contributed by atoms with van der Waals surface area (Å²) < 4.78 is 24.9. The SMILES string of the molecule is CCCS(=O)(=O)c1ccccc1SC(C)C(=O)N1CCCNCC1.Cl. The molecule has 8 heteroatoms. The number of carbonyl (C=O) groups is 1. The molecule has 1 unspecified atom stereocenters. The molecule has 0 aliphatic carbocycles. The van der Waals surface area contributed by atoms with Crippen molar-refractivity contribution in [2.75, 3.05) is 31.9 Å². The number of benzene rings is 1. The number of hydrogen-bond donors (Lipinski definition) is 1. The van der Waals surface area contributed by atoms with Gasteiger partial charge in [0, 0.05) is 24.5 Å². The molecule has 1 heterocycles. The van der Waals surface area contributed by atoms with Crippen molar-refractivity contribution in [1.29, 1.82) is 0 Å². The summed E-state index contributed by atoms with van der Waals surface area (Å²) in [5.74, 6) is 0.205. The van der Waals surface area contributed by atoms with Crippen LogP contribution in [0.25, 0.3) is 0 Å². The Morgan fingerprint density at radius 2 is 2.00 bits per heavy atom. The lowest BCUT2D eigenvalue weighted by Crippen LogP contribution is -2.38. The molecule has 0 aromatic heterocycles. The fourth-order valence-corrected chi connectivity index (χ4v) is 5.66. The van der Waals surface area contributed by atoms with Crippen LogP contribution in [0.2, 0.25) is 0 Å². The molecule has 1 saturated heterocycles. The number of halogens is 1. The minimum Gasteiger partial charge on any atom is -0.340 e. The molecular weight excluding hydrogens is 380 g/mol. The number of hydrogen-bond acceptors (Lipinski definition) is 5. The molecule has 0 radical (unpaired) electrons. The van der Waals surface area contributed by atoms with Gasteiger partial charge in [-0.3, -0.25) is 4.79 Å². The number of thioether (sulfide) groups is 1. The normalized spacial score (nSPS) is 16.6. The first-order valence-corrected chi connectivity index (χ1v) is 11.0. The van der Waals surface area contributed by atoms with Gasteiger partial charge in [0.1, 0.15) is 0 Å². The Morgan fingerprint density at radius 3 is 2.72 bits per heavy atom. The van der Waals surface area contributed by atoms with Crippen LogP contribution in [0.3, 0.4) is 0 Å². The van der Waals surface area contributed by atoms with E-state index in [2.05, 4.69) is 5.32 Å². The summed E-state index contributed by atoms with van der Waals surface area (Å²) in [6.07, 6.45) is 1.53. The molecule has 25 heavy (non-hydrogen) atoms. The Morgan fingerprint density at radius 1 is 1.28 bits per heavy atom. The minimum absolute atomic E-state index is 0. The average molecular weight is 407 g/mol. The Hall–Kier alpha value is -0.760. The van der Waals surface area contributed by atoms with Gasteiger partial charge >= 0.3 is 0 Å². The quantitative estimate of drug-likeness (QED) is 0.735. The van der Waals surface area contributed by atoms with Crippen molar-refractivity contribution in [3.8, 4) is 0 Å². The van der Waals surface area contributed by atoms with Crippen LogP contribution in [-0.2, 0) is 14.6 Å². The molecular formula is C17H27ClN2O3S2. The molecule has 1 N–H and O–H groups in total. The lowest BCUT2D eigenvalue weighted by atomic mass is 10.3. The zero-order valence-electron chi connectivity index (χ0n) is 14.7. The van der Waals surface area contributed by atoms with E-state index in [9.17, 15) is 13.2 Å². The first kappa shape index (κ1) is 22.3. The second kappa shape index (κ2) is 10.4. The third kappa shape index (κ3) is 6.16. The zero-order chi connectivity index (χ0) is 17.6. The summed E-state index contributed by atoms with van der Waals surface area (Å²) >= 11 is 1.34. The highest BCUT2D eigenvalue weighted by Crippen LogP contribution is 2.31. The molecule has 142 valence electrons. The van der Waals surface area contributed by atoms with Crippen molar-refractivity contribution in [1.82, 2.24) is 10.2 Å². The number of rotatable bonds is 6. The van der Waals surface area contributed by atoms with Gasteiger partial charge in [0.15, 0.2) is 9.84 Å². The average Bonchev–Trinajstić information content (AvgIpc) is 2.83. The molecule has 1 atom stereocenters. The number of nitrogens with zero attached hydrogens (tertiary/aromatic N) is 1. The second-order valence-corrected chi connectivity index (χ2v) is 9.41. The van der Waals surface area contributed by atoms with Crippen molar-refractivity contribution >= 4 is 39.9 Å². The lowest BCUT2D eigenvalue weighted by molar-refractivity contribution is -0.130. The number of carbonyl (C=O) groups excluding carboxylic acids is 1. The van der Waals surface area contributed by atoms with Crippen LogP contribution >= 0.6 is 24.2 Å². The number of amides is 1. The Bertz CT molecular complexity index is 660. The highest BCUT2D eigenvalue weighted by atomic mass is 35.5. The molecule has 0 spiro atoms.